The van der Waals surface area contributed by atoms with Crippen LogP contribution >= 0.6 is 11.3 Å². The average molecular weight is 309 g/mol. The molecule has 21 heavy (non-hydrogen) atoms. The summed E-state index contributed by atoms with van der Waals surface area (Å²) in [6, 6.07) is 3.02. The van der Waals surface area contributed by atoms with Gasteiger partial charge in [0, 0.05) is 32.2 Å². The minimum Gasteiger partial charge on any atom is -0.340 e. The van der Waals surface area contributed by atoms with Crippen molar-refractivity contribution in [3.05, 3.63) is 22.4 Å². The SMILES string of the molecule is CC(C)N(CC(=O)N(C)Cc1ccsc1)CC1CCCN1. The van der Waals surface area contributed by atoms with E-state index in [4.69, 9.17) is 0 Å². The van der Waals surface area contributed by atoms with Gasteiger partial charge in [-0.15, -0.1) is 0 Å². The number of thiophene rings is 1. The lowest BCUT2D eigenvalue weighted by Gasteiger charge is -2.30. The maximum atomic E-state index is 12.4. The van der Waals surface area contributed by atoms with Crippen molar-refractivity contribution < 1.29 is 4.79 Å². The van der Waals surface area contributed by atoms with Crippen LogP contribution in [0.1, 0.15) is 32.3 Å². The summed E-state index contributed by atoms with van der Waals surface area (Å²) in [5, 5.41) is 7.67. The molecule has 1 aliphatic heterocycles. The van der Waals surface area contributed by atoms with Gasteiger partial charge in [0.2, 0.25) is 5.91 Å². The standard InChI is InChI=1S/C16H27N3OS/c1-13(2)19(10-15-5-4-7-17-15)11-16(20)18(3)9-14-6-8-21-12-14/h6,8,12-13,15,17H,4-5,7,9-11H2,1-3H3. The van der Waals surface area contributed by atoms with Crippen LogP contribution < -0.4 is 5.32 Å². The largest absolute Gasteiger partial charge is 0.340 e. The fourth-order valence-corrected chi connectivity index (χ4v) is 3.35. The Morgan fingerprint density at radius 2 is 2.33 bits per heavy atom. The highest BCUT2D eigenvalue weighted by Gasteiger charge is 2.22. The third-order valence-corrected chi connectivity index (χ3v) is 4.84. The summed E-state index contributed by atoms with van der Waals surface area (Å²) in [5.74, 6) is 0.202. The normalized spacial score (nSPS) is 18.6. The van der Waals surface area contributed by atoms with Crippen LogP contribution in [0.5, 0.6) is 0 Å². The molecule has 1 amide bonds. The summed E-state index contributed by atoms with van der Waals surface area (Å²) < 4.78 is 0. The third kappa shape index (κ3) is 5.09. The first-order chi connectivity index (χ1) is 10.1. The molecule has 0 aromatic carbocycles. The van der Waals surface area contributed by atoms with E-state index in [1.807, 2.05) is 11.9 Å². The average Bonchev–Trinajstić information content (AvgIpc) is 3.10. The highest BCUT2D eigenvalue weighted by molar-refractivity contribution is 7.07. The number of amides is 1. The summed E-state index contributed by atoms with van der Waals surface area (Å²) in [6.45, 7) is 7.63. The summed E-state index contributed by atoms with van der Waals surface area (Å²) in [6.07, 6.45) is 2.48. The van der Waals surface area contributed by atoms with Crippen LogP contribution in [0, 0.1) is 0 Å². The van der Waals surface area contributed by atoms with Gasteiger partial charge in [0.25, 0.3) is 0 Å². The van der Waals surface area contributed by atoms with Crippen molar-refractivity contribution in [1.82, 2.24) is 15.1 Å². The molecule has 1 atom stereocenters. The van der Waals surface area contributed by atoms with Gasteiger partial charge in [0.1, 0.15) is 0 Å². The van der Waals surface area contributed by atoms with E-state index in [-0.39, 0.29) is 5.91 Å². The van der Waals surface area contributed by atoms with E-state index in [1.165, 1.54) is 18.4 Å². The lowest BCUT2D eigenvalue weighted by atomic mass is 10.2. The minimum atomic E-state index is 0.202. The zero-order valence-electron chi connectivity index (χ0n) is 13.3. The lowest BCUT2D eigenvalue weighted by Crippen LogP contribution is -2.46. The Hall–Kier alpha value is -0.910. The molecular weight excluding hydrogens is 282 g/mol. The molecule has 0 saturated carbocycles. The molecule has 1 saturated heterocycles. The van der Waals surface area contributed by atoms with Crippen molar-refractivity contribution in [2.24, 2.45) is 0 Å². The molecule has 2 heterocycles. The molecule has 0 aliphatic carbocycles. The second-order valence-corrected chi connectivity index (χ2v) is 6.98. The van der Waals surface area contributed by atoms with Crippen molar-refractivity contribution in [3.63, 3.8) is 0 Å². The number of rotatable bonds is 7. The fraction of sp³-hybridized carbons (Fsp3) is 0.688. The predicted octanol–water partition coefficient (Wildman–Crippen LogP) is 2.17. The van der Waals surface area contributed by atoms with Gasteiger partial charge in [0.15, 0.2) is 0 Å². The van der Waals surface area contributed by atoms with E-state index in [9.17, 15) is 4.79 Å². The van der Waals surface area contributed by atoms with E-state index in [1.54, 1.807) is 11.3 Å². The van der Waals surface area contributed by atoms with Crippen molar-refractivity contribution in [3.8, 4) is 0 Å². The second-order valence-electron chi connectivity index (χ2n) is 6.20. The van der Waals surface area contributed by atoms with Gasteiger partial charge in [-0.1, -0.05) is 0 Å². The zero-order chi connectivity index (χ0) is 15.2. The quantitative estimate of drug-likeness (QED) is 0.838. The summed E-state index contributed by atoms with van der Waals surface area (Å²) in [7, 11) is 1.90. The van der Waals surface area contributed by atoms with Crippen LogP contribution in [0.4, 0.5) is 0 Å². The van der Waals surface area contributed by atoms with E-state index in [2.05, 4.69) is 40.9 Å². The van der Waals surface area contributed by atoms with Gasteiger partial charge in [-0.25, -0.2) is 0 Å². The van der Waals surface area contributed by atoms with Gasteiger partial charge in [0.05, 0.1) is 6.54 Å². The van der Waals surface area contributed by atoms with Gasteiger partial charge < -0.3 is 10.2 Å². The monoisotopic (exact) mass is 309 g/mol. The summed E-state index contributed by atoms with van der Waals surface area (Å²) >= 11 is 1.68. The molecule has 1 aromatic rings. The zero-order valence-corrected chi connectivity index (χ0v) is 14.2. The number of nitrogens with zero attached hydrogens (tertiary/aromatic N) is 2. The molecule has 0 bridgehead atoms. The molecule has 1 unspecified atom stereocenters. The third-order valence-electron chi connectivity index (χ3n) is 4.11. The van der Waals surface area contributed by atoms with E-state index in [0.29, 0.717) is 25.2 Å². The predicted molar refractivity (Wildman–Crippen MR) is 88.5 cm³/mol. The van der Waals surface area contributed by atoms with Crippen LogP contribution in [0.2, 0.25) is 0 Å². The molecule has 1 aromatic heterocycles. The number of likely N-dealkylation sites (N-methyl/N-ethyl adjacent to an activating group) is 1. The Bertz CT molecular complexity index is 427. The van der Waals surface area contributed by atoms with Crippen molar-refractivity contribution in [2.45, 2.75) is 45.3 Å². The smallest absolute Gasteiger partial charge is 0.236 e. The van der Waals surface area contributed by atoms with E-state index >= 15 is 0 Å². The highest BCUT2D eigenvalue weighted by atomic mass is 32.1. The first-order valence-electron chi connectivity index (χ1n) is 7.78. The molecule has 5 heteroatoms. The van der Waals surface area contributed by atoms with Crippen LogP contribution in [-0.4, -0.2) is 54.5 Å². The lowest BCUT2D eigenvalue weighted by molar-refractivity contribution is -0.132. The topological polar surface area (TPSA) is 35.6 Å². The molecule has 1 fully saturated rings. The molecule has 0 spiro atoms. The van der Waals surface area contributed by atoms with Gasteiger partial charge in [-0.2, -0.15) is 11.3 Å². The number of carbonyl (C=O) groups is 1. The second kappa shape index (κ2) is 7.92. The van der Waals surface area contributed by atoms with E-state index < -0.39 is 0 Å². The van der Waals surface area contributed by atoms with Gasteiger partial charge in [-0.3, -0.25) is 9.69 Å². The summed E-state index contributed by atoms with van der Waals surface area (Å²) in [4.78, 5) is 16.5. The van der Waals surface area contributed by atoms with Crippen molar-refractivity contribution in [1.29, 1.82) is 0 Å². The molecule has 0 radical (unpaired) electrons. The number of nitrogens with one attached hydrogen (secondary N) is 1. The van der Waals surface area contributed by atoms with Gasteiger partial charge in [-0.05, 0) is 55.6 Å². The molecule has 1 aliphatic rings. The van der Waals surface area contributed by atoms with Crippen molar-refractivity contribution >= 4 is 17.2 Å². The fourth-order valence-electron chi connectivity index (χ4n) is 2.69. The first-order valence-corrected chi connectivity index (χ1v) is 8.73. The maximum absolute atomic E-state index is 12.4. The van der Waals surface area contributed by atoms with Crippen LogP contribution in [0.3, 0.4) is 0 Å². The molecule has 4 nitrogen and oxygen atoms in total. The number of hydrogen-bond donors (Lipinski definition) is 1. The maximum Gasteiger partial charge on any atom is 0.236 e. The first kappa shape index (κ1) is 16.5. The molecular formula is C16H27N3OS. The van der Waals surface area contributed by atoms with Crippen molar-refractivity contribution in [2.75, 3.05) is 26.7 Å². The van der Waals surface area contributed by atoms with Gasteiger partial charge >= 0.3 is 0 Å². The number of hydrogen-bond acceptors (Lipinski definition) is 4. The minimum absolute atomic E-state index is 0.202. The molecule has 1 N–H and O–H groups in total. The molecule has 2 rings (SSSR count). The van der Waals surface area contributed by atoms with Crippen LogP contribution in [0.15, 0.2) is 16.8 Å². The van der Waals surface area contributed by atoms with Crippen LogP contribution in [0.25, 0.3) is 0 Å². The Morgan fingerprint density at radius 3 is 2.90 bits per heavy atom. The summed E-state index contributed by atoms with van der Waals surface area (Å²) in [5.41, 5.74) is 1.21. The Morgan fingerprint density at radius 1 is 1.52 bits per heavy atom. The Labute approximate surface area is 132 Å². The van der Waals surface area contributed by atoms with Crippen LogP contribution in [-0.2, 0) is 11.3 Å². The Balaban J connectivity index is 1.84. The number of carbonyl (C=O) groups excluding carboxylic acids is 1. The van der Waals surface area contributed by atoms with E-state index in [0.717, 1.165) is 13.1 Å². The molecule has 118 valence electrons. The Kier molecular flexibility index (Phi) is 6.21. The highest BCUT2D eigenvalue weighted by Crippen LogP contribution is 2.11.